The second kappa shape index (κ2) is 13.8. The largest absolute Gasteiger partial charge is 0.497 e. The van der Waals surface area contributed by atoms with Crippen molar-refractivity contribution >= 4 is 28.5 Å². The van der Waals surface area contributed by atoms with Crippen LogP contribution in [0.25, 0.3) is 11.2 Å². The summed E-state index contributed by atoms with van der Waals surface area (Å²) >= 11 is 0. The standard InChI is InChI=1S/C33H40N6O5/c1-21-9-11-24(29(15-21)43-4)18-38(19-25-12-13-27(42-3)17-30(25)44-5)32-31-33(35-20-34-32)39(37-36-31)26-8-6-7-23(16-26)28(41)14-10-22(2)40/h9,11-13,15,17,20,23,26H,6-8,10,14,16,18-19H2,1-5H3. The van der Waals surface area contributed by atoms with Gasteiger partial charge in [0.15, 0.2) is 17.0 Å². The lowest BCUT2D eigenvalue weighted by Gasteiger charge is -2.28. The highest BCUT2D eigenvalue weighted by Gasteiger charge is 2.31. The zero-order valence-electron chi connectivity index (χ0n) is 26.1. The van der Waals surface area contributed by atoms with Gasteiger partial charge in [-0.15, -0.1) is 5.10 Å². The maximum absolute atomic E-state index is 12.9. The molecule has 0 saturated heterocycles. The molecule has 1 saturated carbocycles. The van der Waals surface area contributed by atoms with Gasteiger partial charge in [-0.05, 0) is 56.9 Å². The Bertz CT molecular complexity index is 1640. The molecule has 2 aromatic heterocycles. The van der Waals surface area contributed by atoms with Crippen LogP contribution in [-0.2, 0) is 22.7 Å². The average Bonchev–Trinajstić information content (AvgIpc) is 3.48. The van der Waals surface area contributed by atoms with Crippen LogP contribution in [0.1, 0.15) is 68.2 Å². The molecule has 1 aliphatic rings. The minimum absolute atomic E-state index is 0.0184. The molecule has 4 aromatic rings. The Kier molecular flexibility index (Phi) is 9.72. The number of ketones is 2. The van der Waals surface area contributed by atoms with Gasteiger partial charge in [0.1, 0.15) is 35.1 Å². The molecule has 0 radical (unpaired) electrons. The quantitative estimate of drug-likeness (QED) is 0.196. The van der Waals surface area contributed by atoms with Crippen molar-refractivity contribution in [3.05, 3.63) is 59.4 Å². The molecule has 44 heavy (non-hydrogen) atoms. The summed E-state index contributed by atoms with van der Waals surface area (Å²) in [7, 11) is 4.94. The molecule has 0 N–H and O–H groups in total. The van der Waals surface area contributed by atoms with Gasteiger partial charge in [-0.2, -0.15) is 0 Å². The molecular formula is C33H40N6O5. The highest BCUT2D eigenvalue weighted by Crippen LogP contribution is 2.36. The predicted octanol–water partition coefficient (Wildman–Crippen LogP) is 5.43. The van der Waals surface area contributed by atoms with Gasteiger partial charge in [0.05, 0.1) is 27.4 Å². The van der Waals surface area contributed by atoms with Crippen LogP contribution in [0.3, 0.4) is 0 Å². The fourth-order valence-corrected chi connectivity index (χ4v) is 5.99. The van der Waals surface area contributed by atoms with E-state index in [1.807, 2.05) is 35.9 Å². The van der Waals surface area contributed by atoms with E-state index in [1.165, 1.54) is 6.92 Å². The molecule has 1 aliphatic carbocycles. The van der Waals surface area contributed by atoms with E-state index in [0.717, 1.165) is 41.7 Å². The van der Waals surface area contributed by atoms with Crippen molar-refractivity contribution in [3.8, 4) is 17.2 Å². The van der Waals surface area contributed by atoms with Crippen molar-refractivity contribution in [2.45, 2.75) is 71.5 Å². The molecule has 2 heterocycles. The van der Waals surface area contributed by atoms with Crippen LogP contribution in [-0.4, -0.2) is 57.9 Å². The first-order valence-electron chi connectivity index (χ1n) is 15.0. The predicted molar refractivity (Wildman–Crippen MR) is 166 cm³/mol. The van der Waals surface area contributed by atoms with Crippen molar-refractivity contribution in [1.29, 1.82) is 0 Å². The average molecular weight is 601 g/mol. The number of aryl methyl sites for hydroxylation is 1. The van der Waals surface area contributed by atoms with Crippen molar-refractivity contribution in [1.82, 2.24) is 25.0 Å². The highest BCUT2D eigenvalue weighted by atomic mass is 16.5. The summed E-state index contributed by atoms with van der Waals surface area (Å²) < 4.78 is 18.7. The van der Waals surface area contributed by atoms with Gasteiger partial charge in [-0.3, -0.25) is 4.79 Å². The Labute approximate surface area is 257 Å². The number of carbonyl (C=O) groups excluding carboxylic acids is 2. The van der Waals surface area contributed by atoms with Crippen molar-refractivity contribution < 1.29 is 23.8 Å². The lowest BCUT2D eigenvalue weighted by atomic mass is 9.82. The number of fused-ring (bicyclic) bond motifs is 1. The van der Waals surface area contributed by atoms with Crippen LogP contribution in [0.5, 0.6) is 17.2 Å². The maximum Gasteiger partial charge on any atom is 0.184 e. The molecule has 2 atom stereocenters. The van der Waals surface area contributed by atoms with Crippen molar-refractivity contribution in [3.63, 3.8) is 0 Å². The van der Waals surface area contributed by atoms with Gasteiger partial charge in [-0.1, -0.05) is 23.8 Å². The van der Waals surface area contributed by atoms with E-state index >= 15 is 0 Å². The van der Waals surface area contributed by atoms with E-state index in [0.29, 0.717) is 60.8 Å². The molecule has 0 amide bonds. The number of Topliss-reactive ketones (excluding diaryl/α,β-unsaturated/α-hetero) is 2. The first-order chi connectivity index (χ1) is 21.3. The first kappa shape index (κ1) is 30.9. The maximum atomic E-state index is 12.9. The highest BCUT2D eigenvalue weighted by molar-refractivity contribution is 5.86. The lowest BCUT2D eigenvalue weighted by Crippen LogP contribution is -2.26. The summed E-state index contributed by atoms with van der Waals surface area (Å²) in [4.78, 5) is 35.8. The minimum Gasteiger partial charge on any atom is -0.497 e. The third kappa shape index (κ3) is 6.82. The monoisotopic (exact) mass is 600 g/mol. The van der Waals surface area contributed by atoms with Crippen LogP contribution < -0.4 is 19.1 Å². The zero-order valence-corrected chi connectivity index (χ0v) is 26.1. The first-order valence-corrected chi connectivity index (χ1v) is 15.0. The van der Waals surface area contributed by atoms with E-state index in [4.69, 9.17) is 19.2 Å². The number of carbonyl (C=O) groups is 2. The molecule has 2 unspecified atom stereocenters. The third-order valence-electron chi connectivity index (χ3n) is 8.37. The second-order valence-electron chi connectivity index (χ2n) is 11.4. The third-order valence-corrected chi connectivity index (χ3v) is 8.37. The van der Waals surface area contributed by atoms with Gasteiger partial charge >= 0.3 is 0 Å². The number of benzene rings is 2. The van der Waals surface area contributed by atoms with Gasteiger partial charge in [0.25, 0.3) is 0 Å². The molecule has 5 rings (SSSR count). The van der Waals surface area contributed by atoms with E-state index in [-0.39, 0.29) is 23.5 Å². The van der Waals surface area contributed by atoms with Crippen LogP contribution >= 0.6 is 0 Å². The molecule has 11 nitrogen and oxygen atoms in total. The van der Waals surface area contributed by atoms with E-state index in [2.05, 4.69) is 32.3 Å². The van der Waals surface area contributed by atoms with Crippen molar-refractivity contribution in [2.75, 3.05) is 26.2 Å². The summed E-state index contributed by atoms with van der Waals surface area (Å²) in [5.74, 6) is 2.91. The summed E-state index contributed by atoms with van der Waals surface area (Å²) in [6.45, 7) is 4.50. The summed E-state index contributed by atoms with van der Waals surface area (Å²) in [5.41, 5.74) is 4.24. The number of anilines is 1. The van der Waals surface area contributed by atoms with Gasteiger partial charge in [0.2, 0.25) is 0 Å². The molecular weight excluding hydrogens is 560 g/mol. The number of aromatic nitrogens is 5. The van der Waals surface area contributed by atoms with Crippen LogP contribution in [0.15, 0.2) is 42.7 Å². The molecule has 0 bridgehead atoms. The van der Waals surface area contributed by atoms with Gasteiger partial charge < -0.3 is 23.9 Å². The number of nitrogens with zero attached hydrogens (tertiary/aromatic N) is 6. The number of hydrogen-bond acceptors (Lipinski definition) is 10. The van der Waals surface area contributed by atoms with E-state index in [9.17, 15) is 9.59 Å². The van der Waals surface area contributed by atoms with Gasteiger partial charge in [-0.25, -0.2) is 14.6 Å². The summed E-state index contributed by atoms with van der Waals surface area (Å²) in [5, 5.41) is 9.14. The molecule has 0 aliphatic heterocycles. The van der Waals surface area contributed by atoms with Crippen LogP contribution in [0.2, 0.25) is 0 Å². The molecule has 2 aromatic carbocycles. The Morgan fingerprint density at radius 2 is 1.66 bits per heavy atom. The summed E-state index contributed by atoms with van der Waals surface area (Å²) in [6, 6.07) is 11.9. The smallest absolute Gasteiger partial charge is 0.184 e. The number of ether oxygens (including phenoxy) is 3. The number of methoxy groups -OCH3 is 3. The molecule has 11 heteroatoms. The van der Waals surface area contributed by atoms with E-state index in [1.54, 1.807) is 27.7 Å². The summed E-state index contributed by atoms with van der Waals surface area (Å²) in [6.07, 6.45) is 5.39. The van der Waals surface area contributed by atoms with Gasteiger partial charge in [0, 0.05) is 49.0 Å². The second-order valence-corrected chi connectivity index (χ2v) is 11.4. The Balaban J connectivity index is 1.51. The molecule has 232 valence electrons. The SMILES string of the molecule is COc1ccc(CN(Cc2ccc(C)cc2OC)c2ncnc3c2nnn3C2CCCC(C(=O)CCC(C)=O)C2)c(OC)c1. The van der Waals surface area contributed by atoms with Crippen LogP contribution in [0, 0.1) is 12.8 Å². The Morgan fingerprint density at radius 3 is 2.36 bits per heavy atom. The topological polar surface area (TPSA) is 122 Å². The molecule has 1 fully saturated rings. The minimum atomic E-state index is -0.0957. The lowest BCUT2D eigenvalue weighted by molar-refractivity contribution is -0.127. The number of hydrogen-bond donors (Lipinski definition) is 0. The number of rotatable bonds is 13. The molecule has 0 spiro atoms. The zero-order chi connectivity index (χ0) is 31.2. The Morgan fingerprint density at radius 1 is 0.932 bits per heavy atom. The van der Waals surface area contributed by atoms with Crippen LogP contribution in [0.4, 0.5) is 5.82 Å². The Hall–Kier alpha value is -4.54. The van der Waals surface area contributed by atoms with Crippen molar-refractivity contribution in [2.24, 2.45) is 5.92 Å². The van der Waals surface area contributed by atoms with E-state index < -0.39 is 0 Å². The fraction of sp³-hybridized carbons (Fsp3) is 0.455. The fourth-order valence-electron chi connectivity index (χ4n) is 5.99. The normalized spacial score (nSPS) is 16.5.